The van der Waals surface area contributed by atoms with Crippen LogP contribution in [0.5, 0.6) is 0 Å². The number of anilines is 1. The first-order valence-corrected chi connectivity index (χ1v) is 14.5. The van der Waals surface area contributed by atoms with Crippen LogP contribution in [0.3, 0.4) is 0 Å². The van der Waals surface area contributed by atoms with Crippen molar-refractivity contribution in [1.29, 1.82) is 0 Å². The van der Waals surface area contributed by atoms with Gasteiger partial charge in [0.15, 0.2) is 0 Å². The van der Waals surface area contributed by atoms with Crippen molar-refractivity contribution in [3.63, 3.8) is 0 Å². The molecule has 8 heteroatoms. The van der Waals surface area contributed by atoms with Gasteiger partial charge < -0.3 is 14.5 Å². The van der Waals surface area contributed by atoms with Crippen molar-refractivity contribution >= 4 is 33.5 Å². The number of nitrogens with zero attached hydrogens (tertiary/aromatic N) is 1. The number of hydrogen-bond donors (Lipinski definition) is 1. The molecule has 0 fully saturated rings. The van der Waals surface area contributed by atoms with Crippen LogP contribution in [0.15, 0.2) is 71.1 Å². The summed E-state index contributed by atoms with van der Waals surface area (Å²) in [5, 5.41) is 3.32. The first-order valence-electron chi connectivity index (χ1n) is 13.0. The highest BCUT2D eigenvalue weighted by atomic mass is 32.2. The van der Waals surface area contributed by atoms with E-state index in [1.54, 1.807) is 25.4 Å². The highest BCUT2D eigenvalue weighted by molar-refractivity contribution is 7.85. The number of fused-ring (bicyclic) bond motifs is 1. The molecule has 0 bridgehead atoms. The number of nitrogens with one attached hydrogen (secondary N) is 1. The summed E-state index contributed by atoms with van der Waals surface area (Å²) in [6.07, 6.45) is 3.27. The molecule has 1 amide bonds. The van der Waals surface area contributed by atoms with Crippen LogP contribution in [0.25, 0.3) is 33.4 Å². The number of amides is 1. The Morgan fingerprint density at radius 1 is 1.03 bits per heavy atom. The quantitative estimate of drug-likeness (QED) is 0.217. The van der Waals surface area contributed by atoms with Crippen LogP contribution in [0.2, 0.25) is 0 Å². The van der Waals surface area contributed by atoms with Gasteiger partial charge >= 0.3 is 0 Å². The number of halogens is 1. The van der Waals surface area contributed by atoms with Gasteiger partial charge in [0.2, 0.25) is 0 Å². The minimum Gasteiger partial charge on any atom is -0.455 e. The number of benzene rings is 3. The van der Waals surface area contributed by atoms with E-state index in [4.69, 9.17) is 9.15 Å². The third kappa shape index (κ3) is 6.75. The molecule has 39 heavy (non-hydrogen) atoms. The van der Waals surface area contributed by atoms with Crippen LogP contribution in [-0.4, -0.2) is 42.2 Å². The van der Waals surface area contributed by atoms with Gasteiger partial charge in [0, 0.05) is 49.0 Å². The lowest BCUT2D eigenvalue weighted by atomic mass is 9.98. The maximum absolute atomic E-state index is 13.6. The lowest BCUT2D eigenvalue weighted by Crippen LogP contribution is -2.27. The lowest BCUT2D eigenvalue weighted by molar-refractivity contribution is -0.00433. The number of hydrogen-bond acceptors (Lipinski definition) is 4. The molecule has 206 valence electrons. The number of rotatable bonds is 10. The standard InChI is InChI=1S/C31H35FN2O4S/c1-31(2,3)37-18-10-9-17-34(39(5)36)26-20-27-25(19-24(26)21-11-7-6-8-12-21)28(30(35)33-4)29(38-27)22-13-15-23(32)16-14-22/h6-8,11-16,19-20H,9-10,17-18H2,1-5H3,(H,33,35). The predicted octanol–water partition coefficient (Wildman–Crippen LogP) is 6.96. The third-order valence-corrected chi connectivity index (χ3v) is 7.32. The zero-order chi connectivity index (χ0) is 28.2. The maximum atomic E-state index is 13.6. The van der Waals surface area contributed by atoms with Gasteiger partial charge in [-0.2, -0.15) is 0 Å². The first-order chi connectivity index (χ1) is 18.6. The maximum Gasteiger partial charge on any atom is 0.255 e. The molecule has 0 aliphatic heterocycles. The molecule has 1 aromatic heterocycles. The van der Waals surface area contributed by atoms with Gasteiger partial charge in [0.05, 0.1) is 16.9 Å². The topological polar surface area (TPSA) is 71.8 Å². The molecule has 4 rings (SSSR count). The van der Waals surface area contributed by atoms with E-state index in [1.807, 2.05) is 67.5 Å². The minimum atomic E-state index is -1.32. The molecule has 6 nitrogen and oxygen atoms in total. The molecule has 1 atom stereocenters. The molecule has 1 heterocycles. The summed E-state index contributed by atoms with van der Waals surface area (Å²) >= 11 is 0. The van der Waals surface area contributed by atoms with Gasteiger partial charge in [-0.15, -0.1) is 0 Å². The second-order valence-corrected chi connectivity index (χ2v) is 11.6. The fourth-order valence-electron chi connectivity index (χ4n) is 4.47. The lowest BCUT2D eigenvalue weighted by Gasteiger charge is -2.25. The highest BCUT2D eigenvalue weighted by Gasteiger charge is 2.25. The molecule has 0 aliphatic carbocycles. The molecule has 0 aliphatic rings. The van der Waals surface area contributed by atoms with E-state index < -0.39 is 11.0 Å². The molecule has 0 radical (unpaired) electrons. The molecule has 0 saturated carbocycles. The zero-order valence-electron chi connectivity index (χ0n) is 23.0. The highest BCUT2D eigenvalue weighted by Crippen LogP contribution is 2.41. The third-order valence-electron chi connectivity index (χ3n) is 6.32. The van der Waals surface area contributed by atoms with Crippen LogP contribution >= 0.6 is 0 Å². The molecule has 1 N–H and O–H groups in total. The number of carbonyl (C=O) groups is 1. The summed E-state index contributed by atoms with van der Waals surface area (Å²) < 4.78 is 40.7. The SMILES string of the molecule is CNC(=O)c1c(-c2ccc(F)cc2)oc2cc(N(CCCCOC(C)(C)C)S(C)=O)c(-c3ccccc3)cc12. The largest absolute Gasteiger partial charge is 0.455 e. The van der Waals surface area contributed by atoms with E-state index in [1.165, 1.54) is 12.1 Å². The Balaban J connectivity index is 1.84. The Morgan fingerprint density at radius 3 is 2.33 bits per heavy atom. The molecular formula is C31H35FN2O4S. The van der Waals surface area contributed by atoms with Crippen molar-refractivity contribution in [2.24, 2.45) is 0 Å². The van der Waals surface area contributed by atoms with Crippen LogP contribution < -0.4 is 9.62 Å². The Labute approximate surface area is 231 Å². The summed E-state index contributed by atoms with van der Waals surface area (Å²) in [6.45, 7) is 7.25. The fourth-order valence-corrected chi connectivity index (χ4v) is 5.28. The average Bonchev–Trinajstić information content (AvgIpc) is 3.28. The summed E-state index contributed by atoms with van der Waals surface area (Å²) in [6, 6.07) is 19.4. The van der Waals surface area contributed by atoms with Crippen LogP contribution in [0, 0.1) is 5.82 Å². The van der Waals surface area contributed by atoms with Crippen LogP contribution in [0.1, 0.15) is 44.0 Å². The molecule has 0 spiro atoms. The molecule has 1 unspecified atom stereocenters. The molecule has 0 saturated heterocycles. The summed E-state index contributed by atoms with van der Waals surface area (Å²) in [5.41, 5.74) is 3.73. The Morgan fingerprint density at radius 2 is 1.72 bits per heavy atom. The smallest absolute Gasteiger partial charge is 0.255 e. The number of furan rings is 1. The van der Waals surface area contributed by atoms with Crippen molar-refractivity contribution in [3.05, 3.63) is 78.1 Å². The summed E-state index contributed by atoms with van der Waals surface area (Å²) in [7, 11) is 0.241. The second kappa shape index (κ2) is 12.1. The van der Waals surface area contributed by atoms with Crippen molar-refractivity contribution < 1.29 is 22.5 Å². The second-order valence-electron chi connectivity index (χ2n) is 10.3. The monoisotopic (exact) mass is 550 g/mol. The first kappa shape index (κ1) is 28.5. The number of ether oxygens (including phenoxy) is 1. The minimum absolute atomic E-state index is 0.206. The van der Waals surface area contributed by atoms with Gasteiger partial charge in [0.1, 0.15) is 28.1 Å². The van der Waals surface area contributed by atoms with Crippen LogP contribution in [0.4, 0.5) is 10.1 Å². The van der Waals surface area contributed by atoms with Gasteiger partial charge in [-0.05, 0) is 69.5 Å². The van der Waals surface area contributed by atoms with Crippen molar-refractivity contribution in [2.75, 3.05) is 30.8 Å². The van der Waals surface area contributed by atoms with Crippen LogP contribution in [-0.2, 0) is 15.7 Å². The van der Waals surface area contributed by atoms with Crippen molar-refractivity contribution in [1.82, 2.24) is 5.32 Å². The van der Waals surface area contributed by atoms with Gasteiger partial charge in [-0.25, -0.2) is 8.60 Å². The normalized spacial score (nSPS) is 12.5. The van der Waals surface area contributed by atoms with Gasteiger partial charge in [0.25, 0.3) is 5.91 Å². The summed E-state index contributed by atoms with van der Waals surface area (Å²) in [4.78, 5) is 13.1. The number of unbranched alkanes of at least 4 members (excludes halogenated alkanes) is 1. The fraction of sp³-hybridized carbons (Fsp3) is 0.323. The Hall–Kier alpha value is -3.49. The van der Waals surface area contributed by atoms with Crippen molar-refractivity contribution in [3.8, 4) is 22.5 Å². The molecule has 4 aromatic rings. The summed E-state index contributed by atoms with van der Waals surface area (Å²) in [5.74, 6) is -0.336. The Kier molecular flexibility index (Phi) is 8.87. The van der Waals surface area contributed by atoms with E-state index in [0.29, 0.717) is 41.0 Å². The van der Waals surface area contributed by atoms with E-state index in [0.717, 1.165) is 29.7 Å². The van der Waals surface area contributed by atoms with E-state index >= 15 is 0 Å². The molecular weight excluding hydrogens is 515 g/mol. The molecule has 3 aromatic carbocycles. The van der Waals surface area contributed by atoms with E-state index in [-0.39, 0.29) is 17.3 Å². The van der Waals surface area contributed by atoms with Crippen molar-refractivity contribution in [2.45, 2.75) is 39.2 Å². The van der Waals surface area contributed by atoms with Gasteiger partial charge in [-0.1, -0.05) is 30.3 Å². The average molecular weight is 551 g/mol. The number of carbonyl (C=O) groups excluding carboxylic acids is 1. The van der Waals surface area contributed by atoms with E-state index in [9.17, 15) is 13.4 Å². The Bertz CT molecular complexity index is 1460. The predicted molar refractivity (Wildman–Crippen MR) is 157 cm³/mol. The zero-order valence-corrected chi connectivity index (χ0v) is 23.9. The van der Waals surface area contributed by atoms with Gasteiger partial charge in [-0.3, -0.25) is 9.10 Å². The van der Waals surface area contributed by atoms with E-state index in [2.05, 4.69) is 5.32 Å².